The Morgan fingerprint density at radius 1 is 1.50 bits per heavy atom. The zero-order chi connectivity index (χ0) is 15.3. The molecule has 0 bridgehead atoms. The number of carboxylic acids is 1. The maximum atomic E-state index is 12.0. The highest BCUT2D eigenvalue weighted by atomic mass is 16.6. The van der Waals surface area contributed by atoms with Crippen LogP contribution in [0, 0.1) is 10.1 Å². The first kappa shape index (κ1) is 15.4. The van der Waals surface area contributed by atoms with Crippen molar-refractivity contribution in [1.82, 2.24) is 5.32 Å². The molecule has 8 nitrogen and oxygen atoms in total. The number of aliphatic carboxylic acids is 1. The lowest BCUT2D eigenvalue weighted by molar-refractivity contribution is -0.385. The molecule has 2 N–H and O–H groups in total. The predicted molar refractivity (Wildman–Crippen MR) is 68.8 cm³/mol. The molecular weight excluding hydrogens is 268 g/mol. The summed E-state index contributed by atoms with van der Waals surface area (Å²) >= 11 is 0. The molecule has 1 rings (SSSR count). The normalized spacial score (nSPS) is 11.5. The van der Waals surface area contributed by atoms with Crippen LogP contribution in [0.2, 0.25) is 0 Å². The number of hydrogen-bond acceptors (Lipinski definition) is 5. The molecule has 0 spiro atoms. The minimum Gasteiger partial charge on any atom is -0.487 e. The van der Waals surface area contributed by atoms with E-state index in [-0.39, 0.29) is 23.6 Å². The molecule has 0 aliphatic rings. The third kappa shape index (κ3) is 3.44. The molecule has 1 atom stereocenters. The van der Waals surface area contributed by atoms with Gasteiger partial charge in [-0.1, -0.05) is 6.07 Å². The first-order chi connectivity index (χ1) is 9.38. The number of rotatable bonds is 6. The Hall–Kier alpha value is -2.64. The molecule has 0 unspecified atom stereocenters. The van der Waals surface area contributed by atoms with Gasteiger partial charge in [0.2, 0.25) is 5.75 Å². The number of hydrogen-bond donors (Lipinski definition) is 2. The summed E-state index contributed by atoms with van der Waals surface area (Å²) in [5.74, 6) is -2.12. The number of amides is 1. The molecule has 0 saturated heterocycles. The fraction of sp³-hybridized carbons (Fsp3) is 0.333. The molecule has 0 fully saturated rings. The number of carboxylic acid groups (broad SMARTS) is 1. The molecule has 0 aliphatic carbocycles. The van der Waals surface area contributed by atoms with Crippen LogP contribution in [0.4, 0.5) is 5.69 Å². The maximum absolute atomic E-state index is 12.0. The summed E-state index contributed by atoms with van der Waals surface area (Å²) in [6.07, 6.45) is 0. The molecule has 20 heavy (non-hydrogen) atoms. The summed E-state index contributed by atoms with van der Waals surface area (Å²) in [6.45, 7) is 3.05. The second-order valence-electron chi connectivity index (χ2n) is 3.88. The van der Waals surface area contributed by atoms with E-state index in [0.29, 0.717) is 0 Å². The first-order valence-corrected chi connectivity index (χ1v) is 5.82. The average molecular weight is 282 g/mol. The van der Waals surface area contributed by atoms with Crippen molar-refractivity contribution in [3.8, 4) is 5.75 Å². The number of nitro benzene ring substituents is 1. The number of benzene rings is 1. The standard InChI is InChI=1S/C12H14N2O6/c1-3-20-10-8(5-4-6-9(10)14(18)19)11(15)13-7(2)12(16)17/h4-7H,3H2,1-2H3,(H,13,15)(H,16,17)/t7-/m0/s1. The van der Waals surface area contributed by atoms with E-state index in [1.165, 1.54) is 25.1 Å². The van der Waals surface area contributed by atoms with Gasteiger partial charge in [-0.25, -0.2) is 0 Å². The minimum atomic E-state index is -1.21. The lowest BCUT2D eigenvalue weighted by Gasteiger charge is -2.12. The summed E-state index contributed by atoms with van der Waals surface area (Å²) < 4.78 is 5.14. The number of nitrogens with zero attached hydrogens (tertiary/aromatic N) is 1. The van der Waals surface area contributed by atoms with Gasteiger partial charge >= 0.3 is 11.7 Å². The lowest BCUT2D eigenvalue weighted by atomic mass is 10.1. The third-order valence-electron chi connectivity index (χ3n) is 2.44. The van der Waals surface area contributed by atoms with Gasteiger partial charge in [0.15, 0.2) is 0 Å². The van der Waals surface area contributed by atoms with E-state index in [4.69, 9.17) is 9.84 Å². The van der Waals surface area contributed by atoms with E-state index in [1.807, 2.05) is 0 Å². The van der Waals surface area contributed by atoms with E-state index in [2.05, 4.69) is 5.32 Å². The van der Waals surface area contributed by atoms with E-state index in [9.17, 15) is 19.7 Å². The largest absolute Gasteiger partial charge is 0.487 e. The Labute approximate surface area is 114 Å². The van der Waals surface area contributed by atoms with Crippen LogP contribution in [0.1, 0.15) is 24.2 Å². The molecule has 0 saturated carbocycles. The molecule has 0 radical (unpaired) electrons. The van der Waals surface area contributed by atoms with Crippen LogP contribution in [0.3, 0.4) is 0 Å². The van der Waals surface area contributed by atoms with Gasteiger partial charge in [-0.2, -0.15) is 0 Å². The number of nitro groups is 1. The van der Waals surface area contributed by atoms with Gasteiger partial charge in [0, 0.05) is 6.07 Å². The van der Waals surface area contributed by atoms with Crippen molar-refractivity contribution in [3.63, 3.8) is 0 Å². The second-order valence-corrected chi connectivity index (χ2v) is 3.88. The smallest absolute Gasteiger partial charge is 0.325 e. The Morgan fingerprint density at radius 3 is 2.65 bits per heavy atom. The number of nitrogens with one attached hydrogen (secondary N) is 1. The van der Waals surface area contributed by atoms with E-state index in [0.717, 1.165) is 0 Å². The highest BCUT2D eigenvalue weighted by Gasteiger charge is 2.24. The second kappa shape index (κ2) is 6.50. The highest BCUT2D eigenvalue weighted by molar-refractivity contribution is 6.00. The summed E-state index contributed by atoms with van der Waals surface area (Å²) in [7, 11) is 0. The van der Waals surface area contributed by atoms with Crippen molar-refractivity contribution in [2.24, 2.45) is 0 Å². The summed E-state index contributed by atoms with van der Waals surface area (Å²) in [5.41, 5.74) is -0.420. The van der Waals surface area contributed by atoms with Gasteiger partial charge in [0.25, 0.3) is 5.91 Å². The predicted octanol–water partition coefficient (Wildman–Crippen LogP) is 1.20. The Bertz CT molecular complexity index is 543. The van der Waals surface area contributed by atoms with Crippen LogP contribution in [-0.4, -0.2) is 34.6 Å². The van der Waals surface area contributed by atoms with Crippen molar-refractivity contribution < 1.29 is 24.4 Å². The van der Waals surface area contributed by atoms with Crippen molar-refractivity contribution >= 4 is 17.6 Å². The first-order valence-electron chi connectivity index (χ1n) is 5.82. The Balaban J connectivity index is 3.16. The zero-order valence-electron chi connectivity index (χ0n) is 11.0. The molecule has 1 amide bonds. The third-order valence-corrected chi connectivity index (χ3v) is 2.44. The van der Waals surface area contributed by atoms with Crippen LogP contribution in [0.25, 0.3) is 0 Å². The van der Waals surface area contributed by atoms with E-state index >= 15 is 0 Å². The number of ether oxygens (including phenoxy) is 1. The van der Waals surface area contributed by atoms with Gasteiger partial charge in [-0.15, -0.1) is 0 Å². The van der Waals surface area contributed by atoms with Crippen LogP contribution in [0.15, 0.2) is 18.2 Å². The van der Waals surface area contributed by atoms with Gasteiger partial charge in [0.05, 0.1) is 17.1 Å². The Morgan fingerprint density at radius 2 is 2.15 bits per heavy atom. The van der Waals surface area contributed by atoms with Crippen molar-refractivity contribution in [1.29, 1.82) is 0 Å². The van der Waals surface area contributed by atoms with Crippen LogP contribution >= 0.6 is 0 Å². The number of carbonyl (C=O) groups is 2. The molecule has 1 aromatic carbocycles. The molecule has 0 heterocycles. The fourth-order valence-electron chi connectivity index (χ4n) is 1.48. The maximum Gasteiger partial charge on any atom is 0.325 e. The monoisotopic (exact) mass is 282 g/mol. The van der Waals surface area contributed by atoms with Crippen LogP contribution in [0.5, 0.6) is 5.75 Å². The molecular formula is C12H14N2O6. The van der Waals surface area contributed by atoms with Crippen LogP contribution < -0.4 is 10.1 Å². The molecule has 1 aromatic rings. The summed E-state index contributed by atoms with van der Waals surface area (Å²) in [4.78, 5) is 32.9. The molecule has 8 heteroatoms. The topological polar surface area (TPSA) is 119 Å². The summed E-state index contributed by atoms with van der Waals surface area (Å²) in [6, 6.07) is 2.77. The van der Waals surface area contributed by atoms with Crippen molar-refractivity contribution in [2.45, 2.75) is 19.9 Å². The average Bonchev–Trinajstić information content (AvgIpc) is 2.38. The fourth-order valence-corrected chi connectivity index (χ4v) is 1.48. The van der Waals surface area contributed by atoms with E-state index in [1.54, 1.807) is 6.92 Å². The van der Waals surface area contributed by atoms with Gasteiger partial charge in [0.1, 0.15) is 6.04 Å². The SMILES string of the molecule is CCOc1c(C(=O)N[C@@H](C)C(=O)O)cccc1[N+](=O)[O-]. The number of carbonyl (C=O) groups excluding carboxylic acids is 1. The molecule has 0 aromatic heterocycles. The Kier molecular flexibility index (Phi) is 5.01. The number of para-hydroxylation sites is 1. The molecule has 108 valence electrons. The lowest BCUT2D eigenvalue weighted by Crippen LogP contribution is -2.38. The van der Waals surface area contributed by atoms with Crippen molar-refractivity contribution in [2.75, 3.05) is 6.61 Å². The zero-order valence-corrected chi connectivity index (χ0v) is 11.0. The minimum absolute atomic E-state index is 0.0749. The van der Waals surface area contributed by atoms with Gasteiger partial charge in [-0.3, -0.25) is 19.7 Å². The van der Waals surface area contributed by atoms with E-state index < -0.39 is 22.8 Å². The van der Waals surface area contributed by atoms with Crippen molar-refractivity contribution in [3.05, 3.63) is 33.9 Å². The van der Waals surface area contributed by atoms with Gasteiger partial charge in [-0.05, 0) is 19.9 Å². The summed E-state index contributed by atoms with van der Waals surface area (Å²) in [5, 5.41) is 21.9. The van der Waals surface area contributed by atoms with Crippen LogP contribution in [-0.2, 0) is 4.79 Å². The quantitative estimate of drug-likeness (QED) is 0.597. The molecule has 0 aliphatic heterocycles. The van der Waals surface area contributed by atoms with Gasteiger partial charge < -0.3 is 15.2 Å². The highest BCUT2D eigenvalue weighted by Crippen LogP contribution is 2.30.